The fourth-order valence-corrected chi connectivity index (χ4v) is 3.39. The van der Waals surface area contributed by atoms with Gasteiger partial charge in [0.1, 0.15) is 0 Å². The minimum atomic E-state index is -0.899. The second-order valence-electron chi connectivity index (χ2n) is 3.61. The van der Waals surface area contributed by atoms with Gasteiger partial charge in [-0.05, 0) is 25.5 Å². The monoisotopic (exact) mass is 265 g/mol. The summed E-state index contributed by atoms with van der Waals surface area (Å²) in [6.45, 7) is 3.84. The number of thiazole rings is 1. The Morgan fingerprint density at radius 3 is 2.76 bits per heavy atom. The molecule has 17 heavy (non-hydrogen) atoms. The van der Waals surface area contributed by atoms with Crippen LogP contribution in [0, 0.1) is 13.8 Å². The molecular weight excluding hydrogens is 254 g/mol. The van der Waals surface area contributed by atoms with E-state index >= 15 is 0 Å². The van der Waals surface area contributed by atoms with E-state index in [1.165, 1.54) is 23.1 Å². The topological polar surface area (TPSA) is 50.2 Å². The van der Waals surface area contributed by atoms with Crippen LogP contribution in [0.2, 0.25) is 0 Å². The zero-order valence-corrected chi connectivity index (χ0v) is 11.1. The van der Waals surface area contributed by atoms with Crippen LogP contribution < -0.4 is 0 Å². The summed E-state index contributed by atoms with van der Waals surface area (Å²) in [6.07, 6.45) is 0. The molecule has 1 N–H and O–H groups in total. The number of benzene rings is 1. The van der Waals surface area contributed by atoms with E-state index in [-0.39, 0.29) is 0 Å². The van der Waals surface area contributed by atoms with Crippen LogP contribution in [0.5, 0.6) is 0 Å². The van der Waals surface area contributed by atoms with Gasteiger partial charge < -0.3 is 5.11 Å². The molecule has 1 aromatic carbocycles. The summed E-state index contributed by atoms with van der Waals surface area (Å²) in [5.74, 6) is -0.899. The van der Waals surface area contributed by atoms with Crippen molar-refractivity contribution < 1.29 is 9.90 Å². The number of hydrogen-bond donors (Lipinski definition) is 1. The van der Waals surface area contributed by atoms with Crippen LogP contribution >= 0.6 is 23.1 Å². The van der Waals surface area contributed by atoms with Crippen LogP contribution in [0.3, 0.4) is 0 Å². The second kappa shape index (κ2) is 4.89. The molecule has 0 aliphatic heterocycles. The molecule has 0 aliphatic carbocycles. The zero-order chi connectivity index (χ0) is 12.4. The number of rotatable bonds is 3. The van der Waals surface area contributed by atoms with Crippen molar-refractivity contribution in [2.24, 2.45) is 0 Å². The summed E-state index contributed by atoms with van der Waals surface area (Å²) >= 11 is 2.95. The van der Waals surface area contributed by atoms with Crippen molar-refractivity contribution in [2.45, 2.75) is 23.1 Å². The highest BCUT2D eigenvalue weighted by molar-refractivity contribution is 8.01. The Morgan fingerprint density at radius 1 is 1.41 bits per heavy atom. The van der Waals surface area contributed by atoms with Gasteiger partial charge in [-0.1, -0.05) is 23.9 Å². The number of carboxylic acids is 1. The average molecular weight is 265 g/mol. The molecule has 0 spiro atoms. The molecule has 0 atom stereocenters. The van der Waals surface area contributed by atoms with E-state index in [0.717, 1.165) is 20.5 Å². The molecule has 0 amide bonds. The molecule has 2 rings (SSSR count). The summed E-state index contributed by atoms with van der Waals surface area (Å²) in [4.78, 5) is 16.2. The highest BCUT2D eigenvalue weighted by atomic mass is 32.2. The Morgan fingerprint density at radius 2 is 2.18 bits per heavy atom. The fraction of sp³-hybridized carbons (Fsp3) is 0.167. The maximum Gasteiger partial charge on any atom is 0.336 e. The lowest BCUT2D eigenvalue weighted by molar-refractivity contribution is 0.0693. The summed E-state index contributed by atoms with van der Waals surface area (Å²) in [7, 11) is 0. The van der Waals surface area contributed by atoms with Gasteiger partial charge in [0.2, 0.25) is 0 Å². The molecule has 0 saturated heterocycles. The van der Waals surface area contributed by atoms with Gasteiger partial charge in [0.25, 0.3) is 0 Å². The van der Waals surface area contributed by atoms with E-state index in [1.807, 2.05) is 25.3 Å². The molecule has 0 fully saturated rings. The Bertz CT molecular complexity index is 563. The lowest BCUT2D eigenvalue weighted by Crippen LogP contribution is -1.99. The maximum atomic E-state index is 11.1. The average Bonchev–Trinajstić information content (AvgIpc) is 2.67. The normalized spacial score (nSPS) is 10.5. The van der Waals surface area contributed by atoms with Gasteiger partial charge in [-0.3, -0.25) is 0 Å². The lowest BCUT2D eigenvalue weighted by atomic mass is 10.1. The molecule has 3 nitrogen and oxygen atoms in total. The summed E-state index contributed by atoms with van der Waals surface area (Å²) in [5, 5.41) is 11.1. The van der Waals surface area contributed by atoms with Gasteiger partial charge in [-0.2, -0.15) is 0 Å². The first-order valence-corrected chi connectivity index (χ1v) is 6.70. The number of nitrogens with zero attached hydrogens (tertiary/aromatic N) is 1. The Hall–Kier alpha value is -1.33. The molecule has 0 unspecified atom stereocenters. The molecule has 0 bridgehead atoms. The first-order chi connectivity index (χ1) is 8.08. The third-order valence-corrected chi connectivity index (χ3v) is 4.53. The maximum absolute atomic E-state index is 11.1. The van der Waals surface area contributed by atoms with E-state index in [0.29, 0.717) is 5.56 Å². The highest BCUT2D eigenvalue weighted by Crippen LogP contribution is 2.34. The van der Waals surface area contributed by atoms with Crippen LogP contribution in [-0.2, 0) is 0 Å². The van der Waals surface area contributed by atoms with Crippen molar-refractivity contribution in [3.63, 3.8) is 0 Å². The Balaban J connectivity index is 2.40. The lowest BCUT2D eigenvalue weighted by Gasteiger charge is -2.06. The van der Waals surface area contributed by atoms with Gasteiger partial charge in [-0.25, -0.2) is 9.78 Å². The predicted octanol–water partition coefficient (Wildman–Crippen LogP) is 3.61. The zero-order valence-electron chi connectivity index (χ0n) is 9.43. The van der Waals surface area contributed by atoms with E-state index in [4.69, 9.17) is 5.11 Å². The van der Waals surface area contributed by atoms with Gasteiger partial charge in [0.05, 0.1) is 5.56 Å². The first kappa shape index (κ1) is 12.1. The number of carboxylic acid groups (broad SMARTS) is 1. The van der Waals surface area contributed by atoms with Gasteiger partial charge in [-0.15, -0.1) is 11.3 Å². The molecule has 88 valence electrons. The van der Waals surface area contributed by atoms with Crippen LogP contribution in [0.1, 0.15) is 21.6 Å². The van der Waals surface area contributed by atoms with Gasteiger partial charge in [0, 0.05) is 16.0 Å². The molecule has 0 aliphatic rings. The van der Waals surface area contributed by atoms with E-state index in [2.05, 4.69) is 4.98 Å². The second-order valence-corrected chi connectivity index (χ2v) is 5.73. The molecule has 1 heterocycles. The molecule has 5 heteroatoms. The van der Waals surface area contributed by atoms with Crippen molar-refractivity contribution in [2.75, 3.05) is 0 Å². The standard InChI is InChI=1S/C12H11NO2S2/c1-7-4-3-5-9(11(14)15)10(7)17-12-13-8(2)6-16-12/h3-6H,1-2H3,(H,14,15). The smallest absolute Gasteiger partial charge is 0.336 e. The number of carbonyl (C=O) groups is 1. The predicted molar refractivity (Wildman–Crippen MR) is 69.1 cm³/mol. The molecule has 2 aromatic rings. The highest BCUT2D eigenvalue weighted by Gasteiger charge is 2.14. The van der Waals surface area contributed by atoms with Crippen molar-refractivity contribution in [1.29, 1.82) is 0 Å². The van der Waals surface area contributed by atoms with Crippen LogP contribution in [-0.4, -0.2) is 16.1 Å². The SMILES string of the molecule is Cc1csc(Sc2c(C)cccc2C(=O)O)n1. The Labute approximate surface area is 108 Å². The number of aromatic nitrogens is 1. The molecule has 0 radical (unpaired) electrons. The largest absolute Gasteiger partial charge is 0.478 e. The van der Waals surface area contributed by atoms with Crippen LogP contribution in [0.15, 0.2) is 32.8 Å². The van der Waals surface area contributed by atoms with Crippen LogP contribution in [0.4, 0.5) is 0 Å². The van der Waals surface area contributed by atoms with E-state index < -0.39 is 5.97 Å². The first-order valence-electron chi connectivity index (χ1n) is 5.01. The van der Waals surface area contributed by atoms with E-state index in [9.17, 15) is 4.79 Å². The van der Waals surface area contributed by atoms with E-state index in [1.54, 1.807) is 12.1 Å². The fourth-order valence-electron chi connectivity index (χ4n) is 1.42. The summed E-state index contributed by atoms with van der Waals surface area (Å²) < 4.78 is 0.874. The quantitative estimate of drug-likeness (QED) is 0.921. The molecule has 1 aromatic heterocycles. The minimum absolute atomic E-state index is 0.336. The third kappa shape index (κ3) is 2.68. The van der Waals surface area contributed by atoms with Crippen molar-refractivity contribution in [1.82, 2.24) is 4.98 Å². The van der Waals surface area contributed by atoms with Crippen molar-refractivity contribution in [3.05, 3.63) is 40.4 Å². The number of aromatic carboxylic acids is 1. The molecular formula is C12H11NO2S2. The van der Waals surface area contributed by atoms with Gasteiger partial charge >= 0.3 is 5.97 Å². The Kier molecular flexibility index (Phi) is 3.49. The number of aryl methyl sites for hydroxylation is 2. The minimum Gasteiger partial charge on any atom is -0.478 e. The summed E-state index contributed by atoms with van der Waals surface area (Å²) in [5.41, 5.74) is 2.26. The van der Waals surface area contributed by atoms with Crippen LogP contribution in [0.25, 0.3) is 0 Å². The number of hydrogen-bond acceptors (Lipinski definition) is 4. The third-order valence-electron chi connectivity index (χ3n) is 2.23. The van der Waals surface area contributed by atoms with Crippen molar-refractivity contribution in [3.8, 4) is 0 Å². The van der Waals surface area contributed by atoms with Gasteiger partial charge in [0.15, 0.2) is 4.34 Å². The van der Waals surface area contributed by atoms with Crippen molar-refractivity contribution >= 4 is 29.1 Å². The summed E-state index contributed by atoms with van der Waals surface area (Å²) in [6, 6.07) is 5.29. The molecule has 0 saturated carbocycles.